The minimum atomic E-state index is -0.878. The van der Waals surface area contributed by atoms with E-state index in [2.05, 4.69) is 13.8 Å². The fourth-order valence-electron chi connectivity index (χ4n) is 3.14. The average Bonchev–Trinajstić information content (AvgIpc) is 3.04. The number of carboxylic acids is 1. The zero-order valence-electron chi connectivity index (χ0n) is 12.2. The molecule has 5 nitrogen and oxygen atoms in total. The maximum atomic E-state index is 12.8. The van der Waals surface area contributed by atoms with E-state index in [1.165, 1.54) is 0 Å². The first kappa shape index (κ1) is 15.5. The van der Waals surface area contributed by atoms with E-state index in [0.717, 1.165) is 38.6 Å². The standard InChI is InChI=1S/C14H24N2O3S/c1-3-6-12-16(11(9-20-12)13(17)18)14(19)15-8-5-7-10(15)4-2/h10-12H,3-9H2,1-2H3,(H,17,18). The summed E-state index contributed by atoms with van der Waals surface area (Å²) in [6.07, 6.45) is 4.85. The predicted octanol–water partition coefficient (Wildman–Crippen LogP) is 2.61. The highest BCUT2D eigenvalue weighted by Crippen LogP contribution is 2.34. The van der Waals surface area contributed by atoms with Crippen LogP contribution in [-0.4, -0.2) is 56.7 Å². The number of hydrogen-bond acceptors (Lipinski definition) is 3. The number of hydrogen-bond donors (Lipinski definition) is 1. The molecule has 0 saturated carbocycles. The lowest BCUT2D eigenvalue weighted by atomic mass is 10.2. The van der Waals surface area contributed by atoms with E-state index in [1.54, 1.807) is 16.7 Å². The maximum absolute atomic E-state index is 12.8. The van der Waals surface area contributed by atoms with Crippen LogP contribution < -0.4 is 0 Å². The van der Waals surface area contributed by atoms with Crippen LogP contribution in [0.25, 0.3) is 0 Å². The number of carbonyl (C=O) groups is 2. The van der Waals surface area contributed by atoms with E-state index in [0.29, 0.717) is 5.75 Å². The van der Waals surface area contributed by atoms with E-state index < -0.39 is 12.0 Å². The highest BCUT2D eigenvalue weighted by molar-refractivity contribution is 8.00. The van der Waals surface area contributed by atoms with Crippen molar-refractivity contribution in [3.63, 3.8) is 0 Å². The highest BCUT2D eigenvalue weighted by atomic mass is 32.2. The molecule has 6 heteroatoms. The van der Waals surface area contributed by atoms with Gasteiger partial charge in [-0.25, -0.2) is 9.59 Å². The Morgan fingerprint density at radius 2 is 2.10 bits per heavy atom. The Morgan fingerprint density at radius 3 is 2.70 bits per heavy atom. The second-order valence-electron chi connectivity index (χ2n) is 5.52. The minimum Gasteiger partial charge on any atom is -0.480 e. The second kappa shape index (κ2) is 6.70. The van der Waals surface area contributed by atoms with E-state index >= 15 is 0 Å². The fourth-order valence-corrected chi connectivity index (χ4v) is 4.65. The van der Waals surface area contributed by atoms with E-state index in [1.807, 2.05) is 4.90 Å². The zero-order valence-corrected chi connectivity index (χ0v) is 13.1. The number of thioether (sulfide) groups is 1. The van der Waals surface area contributed by atoms with Crippen molar-refractivity contribution in [1.82, 2.24) is 9.80 Å². The number of nitrogens with zero attached hydrogens (tertiary/aromatic N) is 2. The molecule has 0 bridgehead atoms. The van der Waals surface area contributed by atoms with Gasteiger partial charge >= 0.3 is 12.0 Å². The Morgan fingerprint density at radius 1 is 1.35 bits per heavy atom. The van der Waals surface area contributed by atoms with Crippen molar-refractivity contribution in [3.05, 3.63) is 0 Å². The third-order valence-electron chi connectivity index (χ3n) is 4.23. The van der Waals surface area contributed by atoms with Crippen LogP contribution in [-0.2, 0) is 4.79 Å². The molecule has 2 aliphatic rings. The van der Waals surface area contributed by atoms with E-state index in [-0.39, 0.29) is 17.4 Å². The van der Waals surface area contributed by atoms with Crippen molar-refractivity contribution in [2.24, 2.45) is 0 Å². The summed E-state index contributed by atoms with van der Waals surface area (Å²) in [7, 11) is 0. The number of carbonyl (C=O) groups excluding carboxylic acids is 1. The van der Waals surface area contributed by atoms with Gasteiger partial charge in [0.25, 0.3) is 0 Å². The lowest BCUT2D eigenvalue weighted by Crippen LogP contribution is -2.52. The Labute approximate surface area is 124 Å². The quantitative estimate of drug-likeness (QED) is 0.867. The van der Waals surface area contributed by atoms with Gasteiger partial charge in [-0.05, 0) is 25.7 Å². The van der Waals surface area contributed by atoms with Crippen LogP contribution in [0.2, 0.25) is 0 Å². The summed E-state index contributed by atoms with van der Waals surface area (Å²) in [5.74, 6) is -0.368. The first-order chi connectivity index (χ1) is 9.60. The molecule has 2 saturated heterocycles. The molecule has 0 aliphatic carbocycles. The Hall–Kier alpha value is -0.910. The molecule has 0 spiro atoms. The van der Waals surface area contributed by atoms with Gasteiger partial charge in [-0.15, -0.1) is 11.8 Å². The summed E-state index contributed by atoms with van der Waals surface area (Å²) < 4.78 is 0. The highest BCUT2D eigenvalue weighted by Gasteiger charge is 2.44. The number of likely N-dealkylation sites (tertiary alicyclic amines) is 1. The molecule has 2 aliphatic heterocycles. The molecular weight excluding hydrogens is 276 g/mol. The summed E-state index contributed by atoms with van der Waals surface area (Å²) in [6.45, 7) is 4.93. The largest absolute Gasteiger partial charge is 0.480 e. The van der Waals surface area contributed by atoms with Crippen LogP contribution in [0.3, 0.4) is 0 Å². The van der Waals surface area contributed by atoms with Gasteiger partial charge in [0.2, 0.25) is 0 Å². The summed E-state index contributed by atoms with van der Waals surface area (Å²) in [6, 6.07) is -0.447. The summed E-state index contributed by atoms with van der Waals surface area (Å²) in [5.41, 5.74) is 0. The topological polar surface area (TPSA) is 60.9 Å². The molecule has 0 aromatic heterocycles. The van der Waals surface area contributed by atoms with Crippen LogP contribution in [0.4, 0.5) is 4.79 Å². The normalized spacial score (nSPS) is 30.0. The molecule has 1 N–H and O–H groups in total. The molecule has 2 heterocycles. The van der Waals surface area contributed by atoms with Crippen molar-refractivity contribution >= 4 is 23.8 Å². The Kier molecular flexibility index (Phi) is 5.18. The number of aliphatic carboxylic acids is 1. The van der Waals surface area contributed by atoms with Crippen molar-refractivity contribution in [2.75, 3.05) is 12.3 Å². The van der Waals surface area contributed by atoms with Crippen LogP contribution in [0.1, 0.15) is 46.0 Å². The lowest BCUT2D eigenvalue weighted by molar-refractivity contribution is -0.141. The molecule has 0 radical (unpaired) electrons. The van der Waals surface area contributed by atoms with Gasteiger partial charge in [-0.3, -0.25) is 4.90 Å². The second-order valence-corrected chi connectivity index (χ2v) is 6.73. The number of amides is 2. The SMILES string of the molecule is CCCC1SCC(C(=O)O)N1C(=O)N1CCCC1CC. The first-order valence-corrected chi connectivity index (χ1v) is 8.58. The minimum absolute atomic E-state index is 0.0201. The summed E-state index contributed by atoms with van der Waals surface area (Å²) in [4.78, 5) is 27.7. The maximum Gasteiger partial charge on any atom is 0.327 e. The van der Waals surface area contributed by atoms with Crippen LogP contribution in [0, 0.1) is 0 Å². The van der Waals surface area contributed by atoms with Crippen LogP contribution >= 0.6 is 11.8 Å². The molecule has 114 valence electrons. The predicted molar refractivity (Wildman–Crippen MR) is 79.8 cm³/mol. The van der Waals surface area contributed by atoms with Crippen molar-refractivity contribution in [1.29, 1.82) is 0 Å². The van der Waals surface area contributed by atoms with Gasteiger partial charge in [0.15, 0.2) is 0 Å². The summed E-state index contributed by atoms with van der Waals surface area (Å²) >= 11 is 1.61. The molecule has 3 atom stereocenters. The van der Waals surface area contributed by atoms with Crippen LogP contribution in [0.15, 0.2) is 0 Å². The van der Waals surface area contributed by atoms with E-state index in [9.17, 15) is 14.7 Å². The van der Waals surface area contributed by atoms with Gasteiger partial charge in [0.1, 0.15) is 6.04 Å². The van der Waals surface area contributed by atoms with E-state index in [4.69, 9.17) is 0 Å². The van der Waals surface area contributed by atoms with Gasteiger partial charge in [-0.1, -0.05) is 20.3 Å². The van der Waals surface area contributed by atoms with Gasteiger partial charge in [0, 0.05) is 18.3 Å². The number of carboxylic acid groups (broad SMARTS) is 1. The number of urea groups is 1. The van der Waals surface area contributed by atoms with Gasteiger partial charge in [0.05, 0.1) is 5.37 Å². The third-order valence-corrected chi connectivity index (χ3v) is 5.58. The van der Waals surface area contributed by atoms with Crippen molar-refractivity contribution < 1.29 is 14.7 Å². The Balaban J connectivity index is 2.16. The van der Waals surface area contributed by atoms with Crippen molar-refractivity contribution in [3.8, 4) is 0 Å². The fraction of sp³-hybridized carbons (Fsp3) is 0.857. The average molecular weight is 300 g/mol. The molecule has 2 rings (SSSR count). The summed E-state index contributed by atoms with van der Waals surface area (Å²) in [5, 5.41) is 9.38. The smallest absolute Gasteiger partial charge is 0.327 e. The zero-order chi connectivity index (χ0) is 14.7. The lowest BCUT2D eigenvalue weighted by Gasteiger charge is -2.34. The molecule has 2 amide bonds. The van der Waals surface area contributed by atoms with Crippen molar-refractivity contribution in [2.45, 2.75) is 63.4 Å². The molecule has 0 aromatic carbocycles. The van der Waals surface area contributed by atoms with Gasteiger partial charge < -0.3 is 10.0 Å². The number of rotatable bonds is 4. The molecule has 0 aromatic rings. The molecule has 2 fully saturated rings. The Bertz CT molecular complexity index is 377. The third kappa shape index (κ3) is 2.90. The molecule has 3 unspecified atom stereocenters. The molecular formula is C14H24N2O3S. The molecule has 20 heavy (non-hydrogen) atoms. The van der Waals surface area contributed by atoms with Gasteiger partial charge in [-0.2, -0.15) is 0 Å². The van der Waals surface area contributed by atoms with Crippen LogP contribution in [0.5, 0.6) is 0 Å². The first-order valence-electron chi connectivity index (χ1n) is 7.53. The monoisotopic (exact) mass is 300 g/mol.